The molecular weight excluding hydrogens is 416 g/mol. The second kappa shape index (κ2) is 6.89. The maximum atomic E-state index is 13.4. The average Bonchev–Trinajstić information content (AvgIpc) is 3.47. The van der Waals surface area contributed by atoms with E-state index in [0.717, 1.165) is 6.42 Å². The van der Waals surface area contributed by atoms with Crippen LogP contribution in [0.25, 0.3) is 0 Å². The molecule has 0 aromatic rings. The van der Waals surface area contributed by atoms with Crippen LogP contribution in [-0.2, 0) is 14.3 Å². The minimum atomic E-state index is -1.34. The van der Waals surface area contributed by atoms with Crippen molar-refractivity contribution in [3.05, 3.63) is 23.8 Å². The molecule has 1 saturated heterocycles. The zero-order chi connectivity index (χ0) is 24.2. The summed E-state index contributed by atoms with van der Waals surface area (Å²) in [6.45, 7) is 13.0. The third-order valence-corrected chi connectivity index (χ3v) is 11.0. The fraction of sp³-hybridized carbons (Fsp3) is 0.786. The lowest BCUT2D eigenvalue weighted by molar-refractivity contribution is -0.185. The third kappa shape index (κ3) is 2.60. The van der Waals surface area contributed by atoms with E-state index in [1.54, 1.807) is 0 Å². The summed E-state index contributed by atoms with van der Waals surface area (Å²) in [4.78, 5) is 25.8. The Morgan fingerprint density at radius 2 is 1.70 bits per heavy atom. The molecule has 5 aliphatic rings. The number of epoxide rings is 1. The topological polar surface area (TPSA) is 87.1 Å². The molecule has 1 spiro atoms. The quantitative estimate of drug-likeness (QED) is 0.490. The van der Waals surface area contributed by atoms with E-state index in [0.29, 0.717) is 55.4 Å². The summed E-state index contributed by atoms with van der Waals surface area (Å²) in [6, 6.07) is 0. The number of fused-ring (bicyclic) bond motifs is 4. The zero-order valence-electron chi connectivity index (χ0n) is 21.0. The third-order valence-electron chi connectivity index (χ3n) is 11.0. The van der Waals surface area contributed by atoms with Crippen LogP contribution in [0.3, 0.4) is 0 Å². The number of carbonyl (C=O) groups is 2. The van der Waals surface area contributed by atoms with E-state index in [1.807, 2.05) is 6.92 Å². The van der Waals surface area contributed by atoms with Crippen molar-refractivity contribution in [1.82, 2.24) is 0 Å². The van der Waals surface area contributed by atoms with Gasteiger partial charge in [-0.1, -0.05) is 53.7 Å². The standard InChI is InChI=1S/C28H40O5/c1-16(2)17(3)7-8-18(4)19-9-12-26(31)21-15-22(30)28-23(33-28)20(29)10-11-25(28,6)27(21,32)14-13-24(19,26)5/h7-8,15-19,23,31-32H,9-14H2,1-6H3/b8-7+/t17-,18+,19+,23+,24+,25+,26+,27+,28+/m0/s1. The molecule has 5 rings (SSSR count). The molecule has 0 amide bonds. The summed E-state index contributed by atoms with van der Waals surface area (Å²) in [5, 5.41) is 24.5. The smallest absolute Gasteiger partial charge is 0.191 e. The lowest BCUT2D eigenvalue weighted by Gasteiger charge is -2.62. The number of hydrogen-bond donors (Lipinski definition) is 2. The SMILES string of the molecule is CC(C)[C@@H](C)/C=C/[C@@H](C)[C@H]1CC[C@@]2(O)C3=CC(=O)[C@@]45O[C@@H]4C(=O)CC[C@]5(C)[C@@]3(O)CC[C@]12C. The van der Waals surface area contributed by atoms with E-state index in [-0.39, 0.29) is 17.5 Å². The van der Waals surface area contributed by atoms with Gasteiger partial charge in [0.05, 0.1) is 11.2 Å². The highest BCUT2D eigenvalue weighted by Crippen LogP contribution is 2.73. The number of carbonyl (C=O) groups excluding carboxylic acids is 2. The number of allylic oxidation sites excluding steroid dienone is 2. The molecule has 5 nitrogen and oxygen atoms in total. The molecule has 4 aliphatic carbocycles. The molecule has 5 heteroatoms. The Balaban J connectivity index is 1.53. The van der Waals surface area contributed by atoms with Crippen LogP contribution in [0.5, 0.6) is 0 Å². The normalized spacial score (nSPS) is 50.4. The van der Waals surface area contributed by atoms with Crippen LogP contribution in [0.1, 0.15) is 80.1 Å². The highest BCUT2D eigenvalue weighted by atomic mass is 16.6. The Morgan fingerprint density at radius 3 is 2.36 bits per heavy atom. The second-order valence-corrected chi connectivity index (χ2v) is 12.6. The fourth-order valence-electron chi connectivity index (χ4n) is 8.15. The van der Waals surface area contributed by atoms with Gasteiger partial charge in [0, 0.05) is 17.3 Å². The second-order valence-electron chi connectivity index (χ2n) is 12.6. The predicted molar refractivity (Wildman–Crippen MR) is 125 cm³/mol. The number of rotatable bonds is 4. The zero-order valence-corrected chi connectivity index (χ0v) is 21.0. The van der Waals surface area contributed by atoms with Gasteiger partial charge in [-0.15, -0.1) is 0 Å². The molecule has 0 aromatic heterocycles. The first-order chi connectivity index (χ1) is 15.3. The Labute approximate surface area is 197 Å². The van der Waals surface area contributed by atoms with E-state index in [9.17, 15) is 19.8 Å². The highest BCUT2D eigenvalue weighted by Gasteiger charge is 2.84. The first kappa shape index (κ1) is 23.4. The maximum absolute atomic E-state index is 13.4. The van der Waals surface area contributed by atoms with E-state index in [2.05, 4.69) is 46.8 Å². The lowest BCUT2D eigenvalue weighted by Crippen LogP contribution is -2.71. The van der Waals surface area contributed by atoms with Crippen LogP contribution in [0.15, 0.2) is 23.8 Å². The molecule has 3 saturated carbocycles. The van der Waals surface area contributed by atoms with Gasteiger partial charge in [0.2, 0.25) is 0 Å². The first-order valence-electron chi connectivity index (χ1n) is 12.9. The van der Waals surface area contributed by atoms with Crippen LogP contribution >= 0.6 is 0 Å². The van der Waals surface area contributed by atoms with Crippen molar-refractivity contribution < 1.29 is 24.5 Å². The van der Waals surface area contributed by atoms with Crippen LogP contribution in [0.4, 0.5) is 0 Å². The van der Waals surface area contributed by atoms with Gasteiger partial charge in [-0.05, 0) is 67.4 Å². The molecule has 2 N–H and O–H groups in total. The Morgan fingerprint density at radius 1 is 1.00 bits per heavy atom. The summed E-state index contributed by atoms with van der Waals surface area (Å²) in [6.07, 6.45) is 8.60. The number of Topliss-reactive ketones (excluding diaryl/α,β-unsaturated/α-hetero) is 1. The van der Waals surface area contributed by atoms with Gasteiger partial charge in [0.15, 0.2) is 23.3 Å². The molecule has 0 unspecified atom stereocenters. The van der Waals surface area contributed by atoms with Crippen LogP contribution < -0.4 is 0 Å². The molecule has 0 radical (unpaired) electrons. The number of aliphatic hydroxyl groups is 2. The Bertz CT molecular complexity index is 965. The number of hydrogen-bond acceptors (Lipinski definition) is 5. The van der Waals surface area contributed by atoms with Crippen molar-refractivity contribution in [2.75, 3.05) is 0 Å². The minimum Gasteiger partial charge on any atom is -0.385 e. The van der Waals surface area contributed by atoms with Crippen molar-refractivity contribution >= 4 is 11.6 Å². The lowest BCUT2D eigenvalue weighted by atomic mass is 9.44. The molecule has 1 aliphatic heterocycles. The minimum absolute atomic E-state index is 0.0437. The average molecular weight is 457 g/mol. The number of ketones is 2. The van der Waals surface area contributed by atoms with Crippen LogP contribution in [0, 0.1) is 34.5 Å². The maximum Gasteiger partial charge on any atom is 0.191 e. The van der Waals surface area contributed by atoms with Gasteiger partial charge >= 0.3 is 0 Å². The first-order valence-corrected chi connectivity index (χ1v) is 12.9. The van der Waals surface area contributed by atoms with Gasteiger partial charge in [-0.25, -0.2) is 0 Å². The molecule has 1 heterocycles. The summed E-state index contributed by atoms with van der Waals surface area (Å²) >= 11 is 0. The van der Waals surface area contributed by atoms with Crippen molar-refractivity contribution in [2.45, 2.75) is 103 Å². The summed E-state index contributed by atoms with van der Waals surface area (Å²) in [5.74, 6) is 1.34. The highest BCUT2D eigenvalue weighted by molar-refractivity contribution is 6.09. The van der Waals surface area contributed by atoms with Gasteiger partial charge in [-0.3, -0.25) is 9.59 Å². The van der Waals surface area contributed by atoms with Crippen LogP contribution in [0.2, 0.25) is 0 Å². The molecule has 33 heavy (non-hydrogen) atoms. The molecule has 0 aromatic carbocycles. The molecular formula is C28H40O5. The van der Waals surface area contributed by atoms with E-state index < -0.39 is 33.7 Å². The van der Waals surface area contributed by atoms with E-state index in [4.69, 9.17) is 4.74 Å². The summed E-state index contributed by atoms with van der Waals surface area (Å²) < 4.78 is 5.82. The van der Waals surface area contributed by atoms with Gasteiger partial charge in [0.1, 0.15) is 0 Å². The van der Waals surface area contributed by atoms with Gasteiger partial charge in [0.25, 0.3) is 0 Å². The monoisotopic (exact) mass is 456 g/mol. The summed E-state index contributed by atoms with van der Waals surface area (Å²) in [5.41, 5.74) is -4.66. The van der Waals surface area contributed by atoms with Crippen molar-refractivity contribution in [3.63, 3.8) is 0 Å². The van der Waals surface area contributed by atoms with E-state index >= 15 is 0 Å². The molecule has 0 bridgehead atoms. The van der Waals surface area contributed by atoms with Crippen molar-refractivity contribution in [3.8, 4) is 0 Å². The van der Waals surface area contributed by atoms with Crippen molar-refractivity contribution in [1.29, 1.82) is 0 Å². The number of ether oxygens (including phenoxy) is 1. The predicted octanol–water partition coefficient (Wildman–Crippen LogP) is 4.16. The Kier molecular flexibility index (Phi) is 4.89. The van der Waals surface area contributed by atoms with E-state index in [1.165, 1.54) is 6.08 Å². The van der Waals surface area contributed by atoms with Gasteiger partial charge < -0.3 is 14.9 Å². The summed E-state index contributed by atoms with van der Waals surface area (Å²) in [7, 11) is 0. The fourth-order valence-corrected chi connectivity index (χ4v) is 8.15. The molecule has 182 valence electrons. The Hall–Kier alpha value is -1.30. The molecule has 9 atom stereocenters. The van der Waals surface area contributed by atoms with Crippen LogP contribution in [-0.4, -0.2) is 44.7 Å². The van der Waals surface area contributed by atoms with Gasteiger partial charge in [-0.2, -0.15) is 0 Å². The van der Waals surface area contributed by atoms with Crippen molar-refractivity contribution in [2.24, 2.45) is 34.5 Å². The molecule has 4 fully saturated rings. The largest absolute Gasteiger partial charge is 0.385 e.